The topological polar surface area (TPSA) is 72.2 Å². The molecule has 0 heterocycles. The quantitative estimate of drug-likeness (QED) is 0.651. The highest BCUT2D eigenvalue weighted by Gasteiger charge is 2.04. The van der Waals surface area contributed by atoms with E-state index in [1.165, 1.54) is 38.5 Å². The number of unbranched alkanes of at least 4 members (excludes halogenated alkanes) is 5. The molecule has 4 nitrogen and oxygen atoms in total. The molecule has 0 amide bonds. The zero-order valence-electron chi connectivity index (χ0n) is 12.3. The summed E-state index contributed by atoms with van der Waals surface area (Å²) in [6.45, 7) is 3.18. The van der Waals surface area contributed by atoms with Crippen LogP contribution in [0.4, 0.5) is 5.69 Å². The summed E-state index contributed by atoms with van der Waals surface area (Å²) in [6.07, 6.45) is 7.68. The Morgan fingerprint density at radius 1 is 1.00 bits per heavy atom. The van der Waals surface area contributed by atoms with Crippen molar-refractivity contribution in [3.8, 4) is 0 Å². The molecule has 0 saturated carbocycles. The summed E-state index contributed by atoms with van der Waals surface area (Å²) in [6, 6.07) is 7.40. The molecule has 0 aliphatic carbocycles. The normalized spacial score (nSPS) is 11.5. The first-order valence-electron chi connectivity index (χ1n) is 7.34. The van der Waals surface area contributed by atoms with E-state index in [0.717, 1.165) is 17.8 Å². The molecule has 1 aromatic rings. The van der Waals surface area contributed by atoms with Crippen LogP contribution >= 0.6 is 0 Å². The van der Waals surface area contributed by atoms with Crippen molar-refractivity contribution in [3.63, 3.8) is 0 Å². The molecule has 5 heteroatoms. The molecule has 0 spiro atoms. The molecule has 0 aliphatic rings. The maximum absolute atomic E-state index is 11.0. The summed E-state index contributed by atoms with van der Waals surface area (Å²) in [7, 11) is -3.44. The molecule has 20 heavy (non-hydrogen) atoms. The van der Waals surface area contributed by atoms with Gasteiger partial charge in [-0.3, -0.25) is 0 Å². The number of hydrogen-bond donors (Lipinski definition) is 2. The van der Waals surface area contributed by atoms with Gasteiger partial charge >= 0.3 is 0 Å². The molecule has 0 bridgehead atoms. The van der Waals surface area contributed by atoms with Gasteiger partial charge in [0.15, 0.2) is 0 Å². The van der Waals surface area contributed by atoms with Crippen molar-refractivity contribution in [1.29, 1.82) is 0 Å². The van der Waals surface area contributed by atoms with Crippen LogP contribution in [0.5, 0.6) is 0 Å². The molecule has 0 radical (unpaired) electrons. The lowest BCUT2D eigenvalue weighted by Gasteiger charge is -2.07. The van der Waals surface area contributed by atoms with Gasteiger partial charge < -0.3 is 5.32 Å². The van der Waals surface area contributed by atoms with E-state index in [4.69, 9.17) is 5.14 Å². The minimum atomic E-state index is -3.44. The fraction of sp³-hybridized carbons (Fsp3) is 0.600. The van der Waals surface area contributed by atoms with Gasteiger partial charge in [-0.2, -0.15) is 0 Å². The highest BCUT2D eigenvalue weighted by Crippen LogP contribution is 2.12. The second kappa shape index (κ2) is 8.97. The van der Waals surface area contributed by atoms with E-state index in [1.54, 1.807) is 12.1 Å². The standard InChI is InChI=1S/C15H26N2O2S/c1-2-3-4-5-6-7-12-17-15-10-8-14(9-11-15)13-20(16,18)19/h8-11,17H,2-7,12-13H2,1H3,(H2,16,18,19). The Kier molecular flexibility index (Phi) is 7.62. The van der Waals surface area contributed by atoms with Crippen LogP contribution in [-0.2, 0) is 15.8 Å². The van der Waals surface area contributed by atoms with Crippen LogP contribution in [0.1, 0.15) is 51.0 Å². The summed E-state index contributed by atoms with van der Waals surface area (Å²) >= 11 is 0. The predicted molar refractivity (Wildman–Crippen MR) is 85.1 cm³/mol. The Morgan fingerprint density at radius 3 is 2.20 bits per heavy atom. The monoisotopic (exact) mass is 298 g/mol. The van der Waals surface area contributed by atoms with E-state index < -0.39 is 10.0 Å². The Labute approximate surface area is 122 Å². The molecule has 0 unspecified atom stereocenters. The van der Waals surface area contributed by atoms with Crippen molar-refractivity contribution < 1.29 is 8.42 Å². The Bertz CT molecular complexity index is 469. The van der Waals surface area contributed by atoms with Crippen molar-refractivity contribution in [2.45, 2.75) is 51.2 Å². The van der Waals surface area contributed by atoms with Crippen LogP contribution in [0.15, 0.2) is 24.3 Å². The van der Waals surface area contributed by atoms with Crippen molar-refractivity contribution in [3.05, 3.63) is 29.8 Å². The summed E-state index contributed by atoms with van der Waals surface area (Å²) in [4.78, 5) is 0. The number of nitrogens with one attached hydrogen (secondary N) is 1. The lowest BCUT2D eigenvalue weighted by atomic mass is 10.1. The lowest BCUT2D eigenvalue weighted by Crippen LogP contribution is -2.14. The van der Waals surface area contributed by atoms with Crippen molar-refractivity contribution >= 4 is 15.7 Å². The number of nitrogens with two attached hydrogens (primary N) is 1. The molecule has 114 valence electrons. The fourth-order valence-electron chi connectivity index (χ4n) is 2.09. The minimum absolute atomic E-state index is 0.106. The molecule has 0 atom stereocenters. The number of benzene rings is 1. The van der Waals surface area contributed by atoms with Gasteiger partial charge in [-0.15, -0.1) is 0 Å². The van der Waals surface area contributed by atoms with E-state index in [2.05, 4.69) is 12.2 Å². The molecule has 1 aromatic carbocycles. The molecule has 0 aromatic heterocycles. The molecule has 3 N–H and O–H groups in total. The number of primary sulfonamides is 1. The number of anilines is 1. The first-order chi connectivity index (χ1) is 9.51. The third-order valence-electron chi connectivity index (χ3n) is 3.18. The van der Waals surface area contributed by atoms with Gasteiger partial charge in [-0.05, 0) is 24.1 Å². The Balaban J connectivity index is 2.21. The molecular weight excluding hydrogens is 272 g/mol. The van der Waals surface area contributed by atoms with Gasteiger partial charge in [0.2, 0.25) is 10.0 Å². The lowest BCUT2D eigenvalue weighted by molar-refractivity contribution is 0.597. The largest absolute Gasteiger partial charge is 0.385 e. The maximum atomic E-state index is 11.0. The molecule has 1 rings (SSSR count). The Morgan fingerprint density at radius 2 is 1.60 bits per heavy atom. The fourth-order valence-corrected chi connectivity index (χ4v) is 2.75. The van der Waals surface area contributed by atoms with Crippen LogP contribution in [0.2, 0.25) is 0 Å². The van der Waals surface area contributed by atoms with E-state index >= 15 is 0 Å². The van der Waals surface area contributed by atoms with E-state index in [-0.39, 0.29) is 5.75 Å². The van der Waals surface area contributed by atoms with Crippen molar-refractivity contribution in [2.75, 3.05) is 11.9 Å². The van der Waals surface area contributed by atoms with Crippen LogP contribution in [0, 0.1) is 0 Å². The summed E-state index contributed by atoms with van der Waals surface area (Å²) in [5.41, 5.74) is 1.74. The highest BCUT2D eigenvalue weighted by molar-refractivity contribution is 7.88. The first kappa shape index (κ1) is 17.0. The molecule has 0 saturated heterocycles. The van der Waals surface area contributed by atoms with E-state index in [0.29, 0.717) is 0 Å². The summed E-state index contributed by atoms with van der Waals surface area (Å²) < 4.78 is 21.9. The zero-order valence-corrected chi connectivity index (χ0v) is 13.1. The van der Waals surface area contributed by atoms with Crippen LogP contribution in [0.3, 0.4) is 0 Å². The third-order valence-corrected chi connectivity index (χ3v) is 3.92. The molecule has 0 fully saturated rings. The van der Waals surface area contributed by atoms with Gasteiger partial charge in [0.1, 0.15) is 0 Å². The van der Waals surface area contributed by atoms with Gasteiger partial charge in [0.25, 0.3) is 0 Å². The SMILES string of the molecule is CCCCCCCCNc1ccc(CS(N)(=O)=O)cc1. The summed E-state index contributed by atoms with van der Waals surface area (Å²) in [5.74, 6) is -0.106. The number of sulfonamides is 1. The second-order valence-corrected chi connectivity index (χ2v) is 6.81. The summed E-state index contributed by atoms with van der Waals surface area (Å²) in [5, 5.41) is 8.36. The van der Waals surface area contributed by atoms with Crippen LogP contribution in [-0.4, -0.2) is 15.0 Å². The minimum Gasteiger partial charge on any atom is -0.385 e. The van der Waals surface area contributed by atoms with Crippen LogP contribution in [0.25, 0.3) is 0 Å². The number of hydrogen-bond acceptors (Lipinski definition) is 3. The van der Waals surface area contributed by atoms with Gasteiger partial charge in [0.05, 0.1) is 5.75 Å². The van der Waals surface area contributed by atoms with Crippen molar-refractivity contribution in [2.24, 2.45) is 5.14 Å². The van der Waals surface area contributed by atoms with Crippen LogP contribution < -0.4 is 10.5 Å². The van der Waals surface area contributed by atoms with Gasteiger partial charge in [-0.1, -0.05) is 51.2 Å². The van der Waals surface area contributed by atoms with E-state index in [1.807, 2.05) is 12.1 Å². The van der Waals surface area contributed by atoms with E-state index in [9.17, 15) is 8.42 Å². The maximum Gasteiger partial charge on any atom is 0.213 e. The third kappa shape index (κ3) is 8.17. The first-order valence-corrected chi connectivity index (χ1v) is 9.06. The highest BCUT2D eigenvalue weighted by atomic mass is 32.2. The second-order valence-electron chi connectivity index (χ2n) is 5.20. The Hall–Kier alpha value is -1.07. The van der Waals surface area contributed by atoms with Gasteiger partial charge in [0, 0.05) is 12.2 Å². The average molecular weight is 298 g/mol. The average Bonchev–Trinajstić information content (AvgIpc) is 2.38. The zero-order chi connectivity index (χ0) is 14.8. The predicted octanol–water partition coefficient (Wildman–Crippen LogP) is 3.25. The smallest absolute Gasteiger partial charge is 0.213 e. The van der Waals surface area contributed by atoms with Crippen molar-refractivity contribution in [1.82, 2.24) is 0 Å². The number of rotatable bonds is 10. The molecular formula is C15H26N2O2S. The molecule has 0 aliphatic heterocycles. The van der Waals surface area contributed by atoms with Gasteiger partial charge in [-0.25, -0.2) is 13.6 Å².